The smallest absolute Gasteiger partial charge is 0.327 e. The zero-order valence-electron chi connectivity index (χ0n) is 11.7. The monoisotopic (exact) mass is 306 g/mol. The van der Waals surface area contributed by atoms with Crippen LogP contribution >= 0.6 is 11.8 Å². The molecule has 21 heavy (non-hydrogen) atoms. The SMILES string of the molecule is CCC1SCC(C(=O)O)N1C(=O)/C=C/c1ccc(N)cc1. The van der Waals surface area contributed by atoms with Gasteiger partial charge in [0.15, 0.2) is 0 Å². The summed E-state index contributed by atoms with van der Waals surface area (Å²) >= 11 is 1.51. The molecule has 2 rings (SSSR count). The lowest BCUT2D eigenvalue weighted by molar-refractivity contribution is -0.147. The first-order valence-electron chi connectivity index (χ1n) is 6.73. The Hall–Kier alpha value is -1.95. The molecule has 1 aliphatic heterocycles. The van der Waals surface area contributed by atoms with Gasteiger partial charge in [0.25, 0.3) is 0 Å². The van der Waals surface area contributed by atoms with Gasteiger partial charge in [-0.1, -0.05) is 19.1 Å². The van der Waals surface area contributed by atoms with Crippen LogP contribution in [-0.2, 0) is 9.59 Å². The standard InChI is InChI=1S/C15H18N2O3S/c1-2-14-17(12(9-21-14)15(19)20)13(18)8-5-10-3-6-11(16)7-4-10/h3-8,12,14H,2,9,16H2,1H3,(H,19,20)/b8-5+. The molecule has 1 fully saturated rings. The van der Waals surface area contributed by atoms with Crippen molar-refractivity contribution < 1.29 is 14.7 Å². The Labute approximate surface area is 127 Å². The predicted molar refractivity (Wildman–Crippen MR) is 84.7 cm³/mol. The normalized spacial score (nSPS) is 21.9. The molecule has 0 spiro atoms. The van der Waals surface area contributed by atoms with Crippen LogP contribution in [0, 0.1) is 0 Å². The molecule has 0 saturated carbocycles. The minimum Gasteiger partial charge on any atom is -0.480 e. The van der Waals surface area contributed by atoms with Gasteiger partial charge in [0.1, 0.15) is 6.04 Å². The largest absolute Gasteiger partial charge is 0.480 e. The van der Waals surface area contributed by atoms with Crippen molar-refractivity contribution in [3.8, 4) is 0 Å². The second-order valence-corrected chi connectivity index (χ2v) is 6.01. The van der Waals surface area contributed by atoms with E-state index in [0.29, 0.717) is 11.4 Å². The van der Waals surface area contributed by atoms with Crippen LogP contribution in [0.1, 0.15) is 18.9 Å². The highest BCUT2D eigenvalue weighted by Crippen LogP contribution is 2.31. The van der Waals surface area contributed by atoms with Gasteiger partial charge in [-0.05, 0) is 30.2 Å². The number of carboxylic acid groups (broad SMARTS) is 1. The summed E-state index contributed by atoms with van der Waals surface area (Å²) in [6, 6.07) is 6.38. The maximum atomic E-state index is 12.3. The minimum atomic E-state index is -0.951. The molecule has 6 heteroatoms. The molecule has 1 saturated heterocycles. The zero-order valence-corrected chi connectivity index (χ0v) is 12.5. The zero-order chi connectivity index (χ0) is 15.4. The number of carbonyl (C=O) groups excluding carboxylic acids is 1. The molecular weight excluding hydrogens is 288 g/mol. The van der Waals surface area contributed by atoms with Crippen LogP contribution in [-0.4, -0.2) is 39.1 Å². The van der Waals surface area contributed by atoms with Crippen molar-refractivity contribution in [3.05, 3.63) is 35.9 Å². The lowest BCUT2D eigenvalue weighted by atomic mass is 10.2. The van der Waals surface area contributed by atoms with E-state index in [-0.39, 0.29) is 11.3 Å². The predicted octanol–water partition coefficient (Wildman–Crippen LogP) is 2.05. The first-order valence-corrected chi connectivity index (χ1v) is 7.78. The fraction of sp³-hybridized carbons (Fsp3) is 0.333. The number of aliphatic carboxylic acids is 1. The van der Waals surface area contributed by atoms with Crippen LogP contribution in [0.2, 0.25) is 0 Å². The van der Waals surface area contributed by atoms with Crippen molar-refractivity contribution in [2.45, 2.75) is 24.8 Å². The fourth-order valence-corrected chi connectivity index (χ4v) is 3.58. The lowest BCUT2D eigenvalue weighted by Crippen LogP contribution is -2.44. The van der Waals surface area contributed by atoms with E-state index in [1.54, 1.807) is 18.2 Å². The van der Waals surface area contributed by atoms with Crippen molar-refractivity contribution in [1.29, 1.82) is 0 Å². The van der Waals surface area contributed by atoms with Gasteiger partial charge < -0.3 is 15.7 Å². The number of hydrogen-bond acceptors (Lipinski definition) is 4. The molecule has 5 nitrogen and oxygen atoms in total. The summed E-state index contributed by atoms with van der Waals surface area (Å²) in [4.78, 5) is 25.0. The lowest BCUT2D eigenvalue weighted by Gasteiger charge is -2.25. The van der Waals surface area contributed by atoms with E-state index in [1.165, 1.54) is 22.7 Å². The van der Waals surface area contributed by atoms with Crippen LogP contribution in [0.3, 0.4) is 0 Å². The summed E-state index contributed by atoms with van der Waals surface area (Å²) in [6.45, 7) is 1.95. The average molecular weight is 306 g/mol. The van der Waals surface area contributed by atoms with Gasteiger partial charge in [0, 0.05) is 17.5 Å². The number of nitrogen functional groups attached to an aromatic ring is 1. The summed E-state index contributed by atoms with van der Waals surface area (Å²) in [6.07, 6.45) is 3.84. The molecule has 0 aromatic heterocycles. The Morgan fingerprint density at radius 3 is 2.67 bits per heavy atom. The molecule has 1 aliphatic rings. The van der Waals surface area contributed by atoms with E-state index in [1.807, 2.05) is 19.1 Å². The quantitative estimate of drug-likeness (QED) is 0.657. The molecule has 0 bridgehead atoms. The third kappa shape index (κ3) is 3.58. The molecule has 1 aromatic carbocycles. The van der Waals surface area contributed by atoms with Crippen molar-refractivity contribution in [2.24, 2.45) is 0 Å². The van der Waals surface area contributed by atoms with E-state index < -0.39 is 12.0 Å². The number of rotatable bonds is 4. The number of carboxylic acids is 1. The van der Waals surface area contributed by atoms with E-state index in [4.69, 9.17) is 5.73 Å². The second-order valence-electron chi connectivity index (χ2n) is 4.80. The first kappa shape index (κ1) is 15.4. The number of nitrogens with zero attached hydrogens (tertiary/aromatic N) is 1. The van der Waals surface area contributed by atoms with Crippen molar-refractivity contribution in [1.82, 2.24) is 4.90 Å². The number of benzene rings is 1. The van der Waals surface area contributed by atoms with Gasteiger partial charge >= 0.3 is 5.97 Å². The number of carbonyl (C=O) groups is 2. The summed E-state index contributed by atoms with van der Waals surface area (Å²) in [7, 11) is 0. The molecule has 3 N–H and O–H groups in total. The van der Waals surface area contributed by atoms with Crippen LogP contribution in [0.25, 0.3) is 6.08 Å². The first-order chi connectivity index (χ1) is 10.0. The average Bonchev–Trinajstić information content (AvgIpc) is 2.90. The maximum Gasteiger partial charge on any atom is 0.327 e. The van der Waals surface area contributed by atoms with Gasteiger partial charge in [-0.15, -0.1) is 11.8 Å². The molecule has 1 aromatic rings. The number of hydrogen-bond donors (Lipinski definition) is 2. The van der Waals surface area contributed by atoms with Gasteiger partial charge in [-0.25, -0.2) is 4.79 Å². The summed E-state index contributed by atoms with van der Waals surface area (Å²) in [5, 5.41) is 9.14. The third-order valence-electron chi connectivity index (χ3n) is 3.34. The van der Waals surface area contributed by atoms with Crippen LogP contribution in [0.15, 0.2) is 30.3 Å². The van der Waals surface area contributed by atoms with E-state index in [9.17, 15) is 14.7 Å². The maximum absolute atomic E-state index is 12.3. The Kier molecular flexibility index (Phi) is 4.90. The molecule has 0 aliphatic carbocycles. The number of thioether (sulfide) groups is 1. The van der Waals surface area contributed by atoms with Crippen LogP contribution < -0.4 is 5.73 Å². The molecule has 112 valence electrons. The number of anilines is 1. The molecule has 2 unspecified atom stereocenters. The van der Waals surface area contributed by atoms with Gasteiger partial charge in [-0.3, -0.25) is 4.79 Å². The van der Waals surface area contributed by atoms with E-state index in [0.717, 1.165) is 12.0 Å². The summed E-state index contributed by atoms with van der Waals surface area (Å²) in [5.74, 6) is -0.779. The fourth-order valence-electron chi connectivity index (χ4n) is 2.22. The molecule has 1 amide bonds. The number of amides is 1. The van der Waals surface area contributed by atoms with Crippen molar-refractivity contribution >= 4 is 35.4 Å². The van der Waals surface area contributed by atoms with Crippen molar-refractivity contribution in [2.75, 3.05) is 11.5 Å². The topological polar surface area (TPSA) is 83.6 Å². The summed E-state index contributed by atoms with van der Waals surface area (Å²) < 4.78 is 0. The second kappa shape index (κ2) is 6.67. The minimum absolute atomic E-state index is 0.0744. The third-order valence-corrected chi connectivity index (χ3v) is 4.79. The Bertz CT molecular complexity index is 557. The Morgan fingerprint density at radius 2 is 2.10 bits per heavy atom. The highest BCUT2D eigenvalue weighted by molar-refractivity contribution is 8.00. The van der Waals surface area contributed by atoms with Crippen molar-refractivity contribution in [3.63, 3.8) is 0 Å². The number of nitrogens with two attached hydrogens (primary N) is 1. The van der Waals surface area contributed by atoms with Gasteiger partial charge in [0.05, 0.1) is 5.37 Å². The molecular formula is C15H18N2O3S. The van der Waals surface area contributed by atoms with Gasteiger partial charge in [-0.2, -0.15) is 0 Å². The highest BCUT2D eigenvalue weighted by Gasteiger charge is 2.39. The Balaban J connectivity index is 2.13. The van der Waals surface area contributed by atoms with Gasteiger partial charge in [0.2, 0.25) is 5.91 Å². The van der Waals surface area contributed by atoms with E-state index in [2.05, 4.69) is 0 Å². The molecule has 0 radical (unpaired) electrons. The molecule has 2 atom stereocenters. The molecule has 1 heterocycles. The van der Waals surface area contributed by atoms with Crippen LogP contribution in [0.5, 0.6) is 0 Å². The summed E-state index contributed by atoms with van der Waals surface area (Å²) in [5.41, 5.74) is 7.11. The Morgan fingerprint density at radius 1 is 1.43 bits per heavy atom. The van der Waals surface area contributed by atoms with Crippen LogP contribution in [0.4, 0.5) is 5.69 Å². The highest BCUT2D eigenvalue weighted by atomic mass is 32.2. The van der Waals surface area contributed by atoms with E-state index >= 15 is 0 Å².